The van der Waals surface area contributed by atoms with Gasteiger partial charge in [0.15, 0.2) is 0 Å². The van der Waals surface area contributed by atoms with E-state index in [2.05, 4.69) is 25.2 Å². The zero-order chi connectivity index (χ0) is 6.69. The van der Waals surface area contributed by atoms with Crippen LogP contribution in [-0.2, 0) is 0 Å². The highest BCUT2D eigenvalue weighted by Crippen LogP contribution is 2.34. The molecule has 0 aromatic rings. The highest BCUT2D eigenvalue weighted by Gasteiger charge is 2.20. The van der Waals surface area contributed by atoms with Gasteiger partial charge in [0.05, 0.1) is 0 Å². The summed E-state index contributed by atoms with van der Waals surface area (Å²) in [4.78, 5) is 0. The fourth-order valence-corrected chi connectivity index (χ4v) is 1.30. The van der Waals surface area contributed by atoms with Crippen LogP contribution in [-0.4, -0.2) is 0 Å². The summed E-state index contributed by atoms with van der Waals surface area (Å²) in [5.74, 6) is 7.63. The van der Waals surface area contributed by atoms with Gasteiger partial charge in [0.1, 0.15) is 0 Å². The Hall–Kier alpha value is -0.570. The molecule has 1 aliphatic carbocycles. The Morgan fingerprint density at radius 1 is 1.44 bits per heavy atom. The largest absolute Gasteiger partial charge is 0.331 e. The molecule has 1 fully saturated rings. The van der Waals surface area contributed by atoms with Crippen molar-refractivity contribution >= 4 is 0 Å². The molecule has 0 aromatic heterocycles. The first-order valence-electron chi connectivity index (χ1n) is 3.58. The van der Waals surface area contributed by atoms with E-state index in [1.54, 1.807) is 0 Å². The molecular formula is C9H13-. The van der Waals surface area contributed by atoms with Gasteiger partial charge in [-0.3, -0.25) is 5.92 Å². The first-order chi connectivity index (χ1) is 4.33. The third-order valence-corrected chi connectivity index (χ3v) is 1.87. The van der Waals surface area contributed by atoms with Crippen molar-refractivity contribution in [1.82, 2.24) is 0 Å². The van der Waals surface area contributed by atoms with E-state index in [0.717, 1.165) is 11.8 Å². The third kappa shape index (κ3) is 1.68. The van der Waals surface area contributed by atoms with E-state index in [1.807, 2.05) is 6.92 Å². The minimum Gasteiger partial charge on any atom is -0.331 e. The van der Waals surface area contributed by atoms with Gasteiger partial charge in [0.2, 0.25) is 0 Å². The number of hydrogen-bond acceptors (Lipinski definition) is 0. The van der Waals surface area contributed by atoms with Crippen LogP contribution in [0.5, 0.6) is 0 Å². The normalized spacial score (nSPS) is 31.8. The molecule has 0 radical (unpaired) electrons. The second kappa shape index (κ2) is 2.82. The third-order valence-electron chi connectivity index (χ3n) is 1.87. The molecule has 0 nitrogen and oxygen atoms in total. The standard InChI is InChI=1S/C9H13/c1-3-4-5-9-6-8(2)7-9/h5,8-9H,6-7H2,1-2H3/q-1. The zero-order valence-electron chi connectivity index (χ0n) is 6.15. The molecule has 0 saturated heterocycles. The van der Waals surface area contributed by atoms with E-state index < -0.39 is 0 Å². The van der Waals surface area contributed by atoms with Crippen LogP contribution < -0.4 is 0 Å². The summed E-state index contributed by atoms with van der Waals surface area (Å²) in [6, 6.07) is 0. The molecule has 1 aliphatic rings. The van der Waals surface area contributed by atoms with Crippen LogP contribution in [0.2, 0.25) is 0 Å². The van der Waals surface area contributed by atoms with Gasteiger partial charge in [0.25, 0.3) is 0 Å². The van der Waals surface area contributed by atoms with Gasteiger partial charge >= 0.3 is 0 Å². The van der Waals surface area contributed by atoms with Crippen LogP contribution in [0.15, 0.2) is 0 Å². The Labute approximate surface area is 57.7 Å². The summed E-state index contributed by atoms with van der Waals surface area (Å²) < 4.78 is 0. The Bertz CT molecular complexity index is 130. The Morgan fingerprint density at radius 3 is 2.56 bits per heavy atom. The maximum atomic E-state index is 3.00. The van der Waals surface area contributed by atoms with E-state index in [1.165, 1.54) is 12.8 Å². The first kappa shape index (κ1) is 6.55. The molecule has 0 spiro atoms. The predicted molar refractivity (Wildman–Crippen MR) is 39.6 cm³/mol. The SMILES string of the molecule is CC#C[CH-]C1CC(C)C1. The predicted octanol–water partition coefficient (Wildman–Crippen LogP) is 2.26. The van der Waals surface area contributed by atoms with Gasteiger partial charge in [0, 0.05) is 0 Å². The second-order valence-corrected chi connectivity index (χ2v) is 2.90. The number of hydrogen-bond donors (Lipinski definition) is 0. The van der Waals surface area contributed by atoms with E-state index >= 15 is 0 Å². The molecule has 0 bridgehead atoms. The lowest BCUT2D eigenvalue weighted by molar-refractivity contribution is 0.251. The topological polar surface area (TPSA) is 0 Å². The lowest BCUT2D eigenvalue weighted by Crippen LogP contribution is -2.20. The summed E-state index contributed by atoms with van der Waals surface area (Å²) >= 11 is 0. The minimum atomic E-state index is 0.812. The molecule has 0 heteroatoms. The lowest BCUT2D eigenvalue weighted by Gasteiger charge is -2.35. The molecule has 0 atom stereocenters. The van der Waals surface area contributed by atoms with Crippen molar-refractivity contribution in [2.75, 3.05) is 0 Å². The fraction of sp³-hybridized carbons (Fsp3) is 0.667. The smallest absolute Gasteiger partial charge is 0.0459 e. The van der Waals surface area contributed by atoms with Gasteiger partial charge in [-0.2, -0.15) is 6.42 Å². The first-order valence-corrected chi connectivity index (χ1v) is 3.58. The number of rotatable bonds is 1. The van der Waals surface area contributed by atoms with Crippen molar-refractivity contribution in [1.29, 1.82) is 0 Å². The van der Waals surface area contributed by atoms with Crippen molar-refractivity contribution in [3.63, 3.8) is 0 Å². The molecule has 0 amide bonds. The van der Waals surface area contributed by atoms with Crippen LogP contribution in [0.3, 0.4) is 0 Å². The summed E-state index contributed by atoms with van der Waals surface area (Å²) in [6.45, 7) is 4.18. The summed E-state index contributed by atoms with van der Waals surface area (Å²) in [5, 5.41) is 0. The minimum absolute atomic E-state index is 0.812. The van der Waals surface area contributed by atoms with Crippen molar-refractivity contribution in [3.05, 3.63) is 6.42 Å². The zero-order valence-corrected chi connectivity index (χ0v) is 6.15. The molecule has 0 heterocycles. The molecule has 0 unspecified atom stereocenters. The van der Waals surface area contributed by atoms with E-state index in [4.69, 9.17) is 0 Å². The van der Waals surface area contributed by atoms with Crippen molar-refractivity contribution < 1.29 is 0 Å². The Morgan fingerprint density at radius 2 is 2.11 bits per heavy atom. The fourth-order valence-electron chi connectivity index (χ4n) is 1.30. The van der Waals surface area contributed by atoms with Crippen LogP contribution in [0.25, 0.3) is 0 Å². The molecule has 1 saturated carbocycles. The average Bonchev–Trinajstić information content (AvgIpc) is 1.78. The quantitative estimate of drug-likeness (QED) is 0.369. The van der Waals surface area contributed by atoms with Gasteiger partial charge in [-0.25, -0.2) is 0 Å². The van der Waals surface area contributed by atoms with Gasteiger partial charge in [-0.05, 0) is 5.92 Å². The Balaban J connectivity index is 2.08. The molecule has 0 aliphatic heterocycles. The van der Waals surface area contributed by atoms with E-state index in [0.29, 0.717) is 0 Å². The van der Waals surface area contributed by atoms with Crippen molar-refractivity contribution in [2.45, 2.75) is 26.7 Å². The molecule has 0 aromatic carbocycles. The monoisotopic (exact) mass is 121 g/mol. The van der Waals surface area contributed by atoms with Gasteiger partial charge < -0.3 is 5.92 Å². The summed E-state index contributed by atoms with van der Waals surface area (Å²) in [5.41, 5.74) is 0. The van der Waals surface area contributed by atoms with Crippen LogP contribution >= 0.6 is 0 Å². The van der Waals surface area contributed by atoms with Crippen LogP contribution in [0.1, 0.15) is 26.7 Å². The second-order valence-electron chi connectivity index (χ2n) is 2.90. The summed E-state index contributed by atoms with van der Waals surface area (Å²) in [7, 11) is 0. The highest BCUT2D eigenvalue weighted by molar-refractivity contribution is 5.11. The van der Waals surface area contributed by atoms with Gasteiger partial charge in [-0.1, -0.05) is 32.6 Å². The van der Waals surface area contributed by atoms with Crippen LogP contribution in [0.4, 0.5) is 0 Å². The molecule has 1 rings (SSSR count). The molecule has 9 heavy (non-hydrogen) atoms. The van der Waals surface area contributed by atoms with Crippen molar-refractivity contribution in [3.8, 4) is 11.8 Å². The molecule has 50 valence electrons. The maximum Gasteiger partial charge on any atom is -0.0459 e. The Kier molecular flexibility index (Phi) is 2.05. The van der Waals surface area contributed by atoms with Crippen LogP contribution in [0, 0.1) is 30.1 Å². The summed E-state index contributed by atoms with van der Waals surface area (Å²) in [6.07, 6.45) is 4.85. The van der Waals surface area contributed by atoms with Crippen molar-refractivity contribution in [2.24, 2.45) is 11.8 Å². The maximum absolute atomic E-state index is 3.00. The van der Waals surface area contributed by atoms with E-state index in [9.17, 15) is 0 Å². The van der Waals surface area contributed by atoms with Gasteiger partial charge in [-0.15, -0.1) is 0 Å². The lowest BCUT2D eigenvalue weighted by atomic mass is 9.75. The van der Waals surface area contributed by atoms with E-state index in [-0.39, 0.29) is 0 Å². The molecular weight excluding hydrogens is 108 g/mol. The molecule has 0 N–H and O–H groups in total. The highest BCUT2D eigenvalue weighted by atomic mass is 14.3. The average molecular weight is 121 g/mol.